The van der Waals surface area contributed by atoms with Crippen molar-refractivity contribution in [3.8, 4) is 11.1 Å². The number of amides is 2. The topological polar surface area (TPSA) is 118 Å². The van der Waals surface area contributed by atoms with E-state index in [-0.39, 0.29) is 18.9 Å². The number of nitrogens with zero attached hydrogens (tertiary/aromatic N) is 1. The summed E-state index contributed by atoms with van der Waals surface area (Å²) in [6.45, 7) is 0.193. The highest BCUT2D eigenvalue weighted by molar-refractivity contribution is 7.13. The van der Waals surface area contributed by atoms with Gasteiger partial charge in [0.2, 0.25) is 5.91 Å². The van der Waals surface area contributed by atoms with Crippen molar-refractivity contribution >= 4 is 34.4 Å². The predicted molar refractivity (Wildman–Crippen MR) is 131 cm³/mol. The molecule has 9 heteroatoms. The zero-order valence-electron chi connectivity index (χ0n) is 18.9. The van der Waals surface area contributed by atoms with Gasteiger partial charge in [0.1, 0.15) is 12.6 Å². The summed E-state index contributed by atoms with van der Waals surface area (Å²) in [5.74, 6) is -1.10. The Morgan fingerprint density at radius 2 is 1.71 bits per heavy atom. The van der Waals surface area contributed by atoms with Gasteiger partial charge in [0.15, 0.2) is 5.13 Å². The van der Waals surface area contributed by atoms with E-state index in [4.69, 9.17) is 4.74 Å². The summed E-state index contributed by atoms with van der Waals surface area (Å²) >= 11 is 1.18. The Balaban J connectivity index is 1.14. The van der Waals surface area contributed by atoms with E-state index in [2.05, 4.69) is 39.9 Å². The number of carboxylic acids is 1. The molecular formula is C26H25N3O5S. The van der Waals surface area contributed by atoms with Crippen LogP contribution in [-0.4, -0.2) is 40.7 Å². The number of ether oxygens (including phenoxy) is 1. The Hall–Kier alpha value is -3.72. The highest BCUT2D eigenvalue weighted by Gasteiger charge is 2.31. The van der Waals surface area contributed by atoms with Crippen molar-refractivity contribution in [3.63, 3.8) is 0 Å². The largest absolute Gasteiger partial charge is 0.480 e. The molecule has 180 valence electrons. The molecule has 8 nitrogen and oxygen atoms in total. The Labute approximate surface area is 206 Å². The van der Waals surface area contributed by atoms with E-state index in [1.807, 2.05) is 24.3 Å². The smallest absolute Gasteiger partial charge is 0.413 e. The average Bonchev–Trinajstić information content (AvgIpc) is 3.47. The van der Waals surface area contributed by atoms with E-state index in [0.29, 0.717) is 23.2 Å². The zero-order chi connectivity index (χ0) is 24.4. The summed E-state index contributed by atoms with van der Waals surface area (Å²) in [6.07, 6.45) is 1.80. The molecule has 1 fully saturated rings. The fourth-order valence-corrected chi connectivity index (χ4v) is 5.18. The zero-order valence-corrected chi connectivity index (χ0v) is 19.7. The molecule has 3 N–H and O–H groups in total. The van der Waals surface area contributed by atoms with Crippen LogP contribution in [0.4, 0.5) is 9.93 Å². The molecule has 0 bridgehead atoms. The van der Waals surface area contributed by atoms with Crippen LogP contribution in [0.3, 0.4) is 0 Å². The quantitative estimate of drug-likeness (QED) is 0.408. The number of rotatable bonds is 9. The summed E-state index contributed by atoms with van der Waals surface area (Å²) in [5.41, 5.74) is 5.03. The number of carbonyl (C=O) groups excluding carboxylic acids is 2. The van der Waals surface area contributed by atoms with Crippen LogP contribution in [0.25, 0.3) is 11.1 Å². The highest BCUT2D eigenvalue weighted by atomic mass is 32.1. The lowest BCUT2D eigenvalue weighted by Crippen LogP contribution is -2.41. The van der Waals surface area contributed by atoms with Crippen molar-refractivity contribution in [3.05, 3.63) is 70.7 Å². The van der Waals surface area contributed by atoms with Crippen molar-refractivity contribution in [2.45, 2.75) is 37.6 Å². The van der Waals surface area contributed by atoms with Crippen LogP contribution in [-0.2, 0) is 20.7 Å². The van der Waals surface area contributed by atoms with Gasteiger partial charge >= 0.3 is 12.1 Å². The molecule has 1 heterocycles. The Kier molecular flexibility index (Phi) is 6.50. The molecule has 2 amide bonds. The lowest BCUT2D eigenvalue weighted by molar-refractivity contribution is -0.142. The molecule has 0 radical (unpaired) electrons. The molecule has 2 aliphatic rings. The van der Waals surface area contributed by atoms with Gasteiger partial charge in [-0.3, -0.25) is 10.1 Å². The summed E-state index contributed by atoms with van der Waals surface area (Å²) in [4.78, 5) is 40.4. The first kappa shape index (κ1) is 23.0. The summed E-state index contributed by atoms with van der Waals surface area (Å²) < 4.78 is 5.53. The van der Waals surface area contributed by atoms with Gasteiger partial charge in [0.05, 0.1) is 12.1 Å². The van der Waals surface area contributed by atoms with E-state index in [1.54, 1.807) is 5.38 Å². The third kappa shape index (κ3) is 5.35. The number of nitrogens with one attached hydrogen (secondary N) is 2. The minimum Gasteiger partial charge on any atom is -0.480 e. The molecule has 35 heavy (non-hydrogen) atoms. The number of hydrogen-bond acceptors (Lipinski definition) is 6. The fraction of sp³-hybridized carbons (Fsp3) is 0.308. The van der Waals surface area contributed by atoms with Gasteiger partial charge < -0.3 is 15.2 Å². The Morgan fingerprint density at radius 1 is 1.06 bits per heavy atom. The molecular weight excluding hydrogens is 466 g/mol. The van der Waals surface area contributed by atoms with Crippen LogP contribution in [0.15, 0.2) is 53.9 Å². The third-order valence-electron chi connectivity index (χ3n) is 6.35. The number of carboxylic acid groups (broad SMARTS) is 1. The molecule has 0 aliphatic heterocycles. The molecule has 1 unspecified atom stereocenters. The van der Waals surface area contributed by atoms with Gasteiger partial charge in [-0.05, 0) is 34.6 Å². The average molecular weight is 492 g/mol. The summed E-state index contributed by atoms with van der Waals surface area (Å²) in [6, 6.07) is 15.3. The Morgan fingerprint density at radius 3 is 2.34 bits per heavy atom. The van der Waals surface area contributed by atoms with Gasteiger partial charge in [-0.15, -0.1) is 11.3 Å². The lowest BCUT2D eigenvalue weighted by atomic mass is 9.98. The molecule has 0 spiro atoms. The highest BCUT2D eigenvalue weighted by Crippen LogP contribution is 2.44. The number of anilines is 1. The van der Waals surface area contributed by atoms with Crippen LogP contribution in [0.2, 0.25) is 0 Å². The van der Waals surface area contributed by atoms with E-state index >= 15 is 0 Å². The molecule has 0 saturated heterocycles. The van der Waals surface area contributed by atoms with Crippen molar-refractivity contribution in [2.75, 3.05) is 11.9 Å². The van der Waals surface area contributed by atoms with Gasteiger partial charge in [0.25, 0.3) is 0 Å². The standard InChI is InChI=1S/C26H25N3O5S/c30-23(28-22(24(31)32)11-15-9-10-15)12-16-14-35-25(27-16)29-26(33)34-13-21-19-7-3-1-5-17(19)18-6-2-4-8-20(18)21/h1-8,14-15,21-22H,9-13H2,(H,28,30)(H,31,32)(H,27,29,33). The molecule has 1 aromatic heterocycles. The van der Waals surface area contributed by atoms with Crippen LogP contribution < -0.4 is 10.6 Å². The first-order valence-electron chi connectivity index (χ1n) is 11.6. The minimum absolute atomic E-state index is 0.0403. The van der Waals surface area contributed by atoms with Crippen LogP contribution >= 0.6 is 11.3 Å². The van der Waals surface area contributed by atoms with Crippen molar-refractivity contribution in [1.29, 1.82) is 0 Å². The first-order valence-corrected chi connectivity index (χ1v) is 12.4. The van der Waals surface area contributed by atoms with E-state index in [0.717, 1.165) is 35.1 Å². The minimum atomic E-state index is -1.03. The van der Waals surface area contributed by atoms with Gasteiger partial charge in [-0.25, -0.2) is 14.6 Å². The number of aromatic nitrogens is 1. The number of hydrogen-bond donors (Lipinski definition) is 3. The SMILES string of the molecule is O=C(Cc1csc(NC(=O)OCC2c3ccccc3-c3ccccc32)n1)NC(CC1CC1)C(=O)O. The van der Waals surface area contributed by atoms with Crippen LogP contribution in [0.5, 0.6) is 0 Å². The van der Waals surface area contributed by atoms with E-state index in [9.17, 15) is 19.5 Å². The van der Waals surface area contributed by atoms with Crippen molar-refractivity contribution in [1.82, 2.24) is 10.3 Å². The second-order valence-corrected chi connectivity index (χ2v) is 9.77. The van der Waals surface area contributed by atoms with Gasteiger partial charge in [0, 0.05) is 11.3 Å². The predicted octanol–water partition coefficient (Wildman–Crippen LogP) is 4.42. The van der Waals surface area contributed by atoms with Crippen LogP contribution in [0, 0.1) is 5.92 Å². The maximum atomic E-state index is 12.4. The number of carbonyl (C=O) groups is 3. The number of thiazole rings is 1. The third-order valence-corrected chi connectivity index (χ3v) is 7.15. The maximum absolute atomic E-state index is 12.4. The molecule has 2 aliphatic carbocycles. The summed E-state index contributed by atoms with van der Waals surface area (Å²) in [5, 5.41) is 16.5. The van der Waals surface area contributed by atoms with E-state index in [1.165, 1.54) is 11.3 Å². The molecule has 5 rings (SSSR count). The monoisotopic (exact) mass is 491 g/mol. The van der Waals surface area contributed by atoms with E-state index < -0.39 is 24.0 Å². The normalized spacial score (nSPS) is 15.1. The number of aliphatic carboxylic acids is 1. The fourth-order valence-electron chi connectivity index (χ4n) is 4.49. The van der Waals surface area contributed by atoms with Gasteiger partial charge in [-0.2, -0.15) is 0 Å². The molecule has 2 aromatic carbocycles. The first-order chi connectivity index (χ1) is 17.0. The molecule has 3 aromatic rings. The van der Waals surface area contributed by atoms with Crippen LogP contribution in [0.1, 0.15) is 42.0 Å². The lowest BCUT2D eigenvalue weighted by Gasteiger charge is -2.14. The van der Waals surface area contributed by atoms with Crippen molar-refractivity contribution in [2.24, 2.45) is 5.92 Å². The van der Waals surface area contributed by atoms with Gasteiger partial charge in [-0.1, -0.05) is 61.4 Å². The molecule has 1 atom stereocenters. The second kappa shape index (κ2) is 9.87. The number of benzene rings is 2. The Bertz CT molecular complexity index is 1220. The number of fused-ring (bicyclic) bond motifs is 3. The maximum Gasteiger partial charge on any atom is 0.413 e. The van der Waals surface area contributed by atoms with Crippen molar-refractivity contribution < 1.29 is 24.2 Å². The summed E-state index contributed by atoms with van der Waals surface area (Å²) in [7, 11) is 0. The molecule has 1 saturated carbocycles. The second-order valence-electron chi connectivity index (χ2n) is 8.91.